The monoisotopic (exact) mass is 265 g/mol. The Morgan fingerprint density at radius 1 is 1.44 bits per heavy atom. The molecule has 96 valence electrons. The molecule has 0 aliphatic carbocycles. The van der Waals surface area contributed by atoms with E-state index in [2.05, 4.69) is 10.1 Å². The van der Waals surface area contributed by atoms with Crippen LogP contribution in [0.4, 0.5) is 5.82 Å². The van der Waals surface area contributed by atoms with Crippen LogP contribution in [0, 0.1) is 0 Å². The number of anilines is 1. The van der Waals surface area contributed by atoms with Crippen LogP contribution in [-0.2, 0) is 20.1 Å². The van der Waals surface area contributed by atoms with E-state index in [0.717, 1.165) is 23.5 Å². The van der Waals surface area contributed by atoms with Crippen molar-refractivity contribution in [2.45, 2.75) is 13.1 Å². The second-order valence-corrected chi connectivity index (χ2v) is 4.62. The molecule has 18 heavy (non-hydrogen) atoms. The van der Waals surface area contributed by atoms with Gasteiger partial charge in [0.2, 0.25) is 0 Å². The zero-order valence-corrected chi connectivity index (χ0v) is 11.2. The molecule has 0 atom stereocenters. The molecule has 2 heterocycles. The van der Waals surface area contributed by atoms with Crippen LogP contribution < -0.4 is 10.6 Å². The van der Waals surface area contributed by atoms with E-state index in [0.29, 0.717) is 11.6 Å². The number of aryl methyl sites for hydroxylation is 1. The van der Waals surface area contributed by atoms with Gasteiger partial charge in [0.15, 0.2) is 0 Å². The summed E-state index contributed by atoms with van der Waals surface area (Å²) in [6.07, 6.45) is 5.46. The average Bonchev–Trinajstić information content (AvgIpc) is 2.75. The topological polar surface area (TPSA) is 60.0 Å². The largest absolute Gasteiger partial charge is 0.355 e. The number of hydrogen-bond acceptors (Lipinski definition) is 4. The number of halogens is 1. The zero-order valence-electron chi connectivity index (χ0n) is 10.5. The molecule has 5 nitrogen and oxygen atoms in total. The van der Waals surface area contributed by atoms with Crippen molar-refractivity contribution in [1.82, 2.24) is 14.8 Å². The molecule has 0 saturated carbocycles. The summed E-state index contributed by atoms with van der Waals surface area (Å²) in [6, 6.07) is 1.92. The van der Waals surface area contributed by atoms with Crippen molar-refractivity contribution in [3.63, 3.8) is 0 Å². The molecular weight excluding hydrogens is 250 g/mol. The van der Waals surface area contributed by atoms with Gasteiger partial charge in [0.05, 0.1) is 11.2 Å². The highest BCUT2D eigenvalue weighted by atomic mass is 35.5. The van der Waals surface area contributed by atoms with E-state index in [1.807, 2.05) is 37.5 Å². The lowest BCUT2D eigenvalue weighted by atomic mass is 10.2. The van der Waals surface area contributed by atoms with Crippen LogP contribution >= 0.6 is 11.6 Å². The Hall–Kier alpha value is -1.59. The van der Waals surface area contributed by atoms with Crippen LogP contribution in [0.3, 0.4) is 0 Å². The van der Waals surface area contributed by atoms with Crippen molar-refractivity contribution in [3.8, 4) is 0 Å². The summed E-state index contributed by atoms with van der Waals surface area (Å²) in [7, 11) is 3.88. The first-order valence-corrected chi connectivity index (χ1v) is 6.01. The highest BCUT2D eigenvalue weighted by Gasteiger charge is 2.07. The van der Waals surface area contributed by atoms with Gasteiger partial charge in [-0.05, 0) is 11.6 Å². The van der Waals surface area contributed by atoms with Gasteiger partial charge in [0, 0.05) is 45.1 Å². The minimum Gasteiger partial charge on any atom is -0.355 e. The Labute approximate surface area is 111 Å². The van der Waals surface area contributed by atoms with Crippen molar-refractivity contribution >= 4 is 17.4 Å². The summed E-state index contributed by atoms with van der Waals surface area (Å²) in [5, 5.41) is 4.75. The molecule has 0 bridgehead atoms. The van der Waals surface area contributed by atoms with Gasteiger partial charge in [-0.2, -0.15) is 5.10 Å². The molecule has 2 N–H and O–H groups in total. The second-order valence-electron chi connectivity index (χ2n) is 4.22. The Bertz CT molecular complexity index is 537. The molecule has 0 aliphatic heterocycles. The van der Waals surface area contributed by atoms with E-state index in [1.54, 1.807) is 10.9 Å². The predicted molar refractivity (Wildman–Crippen MR) is 72.5 cm³/mol. The summed E-state index contributed by atoms with van der Waals surface area (Å²) >= 11 is 5.99. The summed E-state index contributed by atoms with van der Waals surface area (Å²) in [5.41, 5.74) is 7.66. The van der Waals surface area contributed by atoms with Crippen molar-refractivity contribution in [1.29, 1.82) is 0 Å². The third kappa shape index (κ3) is 2.80. The van der Waals surface area contributed by atoms with Crippen LogP contribution in [0.1, 0.15) is 11.1 Å². The van der Waals surface area contributed by atoms with Crippen LogP contribution in [0.2, 0.25) is 5.02 Å². The molecule has 0 aliphatic rings. The van der Waals surface area contributed by atoms with Gasteiger partial charge in [-0.25, -0.2) is 4.98 Å². The Morgan fingerprint density at radius 2 is 2.22 bits per heavy atom. The second kappa shape index (κ2) is 5.37. The van der Waals surface area contributed by atoms with Crippen LogP contribution in [0.15, 0.2) is 24.7 Å². The maximum absolute atomic E-state index is 5.99. The third-order valence-corrected chi connectivity index (χ3v) is 3.05. The van der Waals surface area contributed by atoms with Crippen molar-refractivity contribution in [3.05, 3.63) is 40.8 Å². The molecular formula is C12H16ClN5. The van der Waals surface area contributed by atoms with Crippen molar-refractivity contribution < 1.29 is 0 Å². The Morgan fingerprint density at radius 3 is 2.83 bits per heavy atom. The molecule has 0 radical (unpaired) electrons. The van der Waals surface area contributed by atoms with Gasteiger partial charge in [-0.3, -0.25) is 4.68 Å². The number of nitrogens with zero attached hydrogens (tertiary/aromatic N) is 4. The van der Waals surface area contributed by atoms with Crippen LogP contribution in [-0.4, -0.2) is 21.8 Å². The minimum atomic E-state index is 0.412. The fraction of sp³-hybridized carbons (Fsp3) is 0.333. The summed E-state index contributed by atoms with van der Waals surface area (Å²) in [4.78, 5) is 6.34. The van der Waals surface area contributed by atoms with Gasteiger partial charge >= 0.3 is 0 Å². The van der Waals surface area contributed by atoms with Gasteiger partial charge in [0.25, 0.3) is 0 Å². The smallest absolute Gasteiger partial charge is 0.128 e. The highest BCUT2D eigenvalue weighted by Crippen LogP contribution is 2.20. The quantitative estimate of drug-likeness (QED) is 0.912. The Balaban J connectivity index is 2.15. The maximum atomic E-state index is 5.99. The van der Waals surface area contributed by atoms with Gasteiger partial charge in [0.1, 0.15) is 5.82 Å². The number of aromatic nitrogens is 3. The SMILES string of the molecule is CN(Cc1cnn(C)c1)c1cc(CN)c(Cl)cn1. The van der Waals surface area contributed by atoms with Crippen molar-refractivity contribution in [2.75, 3.05) is 11.9 Å². The number of hydrogen-bond donors (Lipinski definition) is 1. The lowest BCUT2D eigenvalue weighted by Crippen LogP contribution is -2.18. The van der Waals surface area contributed by atoms with E-state index >= 15 is 0 Å². The molecule has 0 spiro atoms. The molecule has 0 amide bonds. The van der Waals surface area contributed by atoms with E-state index in [9.17, 15) is 0 Å². The van der Waals surface area contributed by atoms with E-state index in [1.165, 1.54) is 0 Å². The van der Waals surface area contributed by atoms with Gasteiger partial charge in [-0.1, -0.05) is 11.6 Å². The lowest BCUT2D eigenvalue weighted by molar-refractivity contribution is 0.766. The number of rotatable bonds is 4. The fourth-order valence-corrected chi connectivity index (χ4v) is 1.92. The molecule has 0 unspecified atom stereocenters. The van der Waals surface area contributed by atoms with E-state index in [4.69, 9.17) is 17.3 Å². The number of pyridine rings is 1. The minimum absolute atomic E-state index is 0.412. The molecule has 2 aromatic heterocycles. The molecule has 0 aromatic carbocycles. The lowest BCUT2D eigenvalue weighted by Gasteiger charge is -2.18. The predicted octanol–water partition coefficient (Wildman–Crippen LogP) is 1.56. The van der Waals surface area contributed by atoms with Crippen LogP contribution in [0.25, 0.3) is 0 Å². The standard InChI is InChI=1S/C12H16ClN5/c1-17(7-9-5-16-18(2)8-9)12-3-10(4-14)11(13)6-15-12/h3,5-6,8H,4,7,14H2,1-2H3. The molecule has 0 fully saturated rings. The van der Waals surface area contributed by atoms with E-state index in [-0.39, 0.29) is 0 Å². The first-order chi connectivity index (χ1) is 8.60. The van der Waals surface area contributed by atoms with Crippen LogP contribution in [0.5, 0.6) is 0 Å². The first-order valence-electron chi connectivity index (χ1n) is 5.63. The maximum Gasteiger partial charge on any atom is 0.128 e. The average molecular weight is 266 g/mol. The molecule has 0 saturated heterocycles. The van der Waals surface area contributed by atoms with Gasteiger partial charge in [-0.15, -0.1) is 0 Å². The Kier molecular flexibility index (Phi) is 3.84. The molecule has 2 aromatic rings. The summed E-state index contributed by atoms with van der Waals surface area (Å²) in [6.45, 7) is 1.15. The summed E-state index contributed by atoms with van der Waals surface area (Å²) in [5.74, 6) is 0.851. The molecule has 2 rings (SSSR count). The summed E-state index contributed by atoms with van der Waals surface area (Å²) < 4.78 is 1.78. The van der Waals surface area contributed by atoms with Crippen molar-refractivity contribution in [2.24, 2.45) is 12.8 Å². The third-order valence-electron chi connectivity index (χ3n) is 2.71. The van der Waals surface area contributed by atoms with Gasteiger partial charge < -0.3 is 10.6 Å². The first kappa shape index (κ1) is 12.9. The normalized spacial score (nSPS) is 10.7. The zero-order chi connectivity index (χ0) is 13.1. The highest BCUT2D eigenvalue weighted by molar-refractivity contribution is 6.31. The number of nitrogens with two attached hydrogens (primary N) is 1. The fourth-order valence-electron chi connectivity index (χ4n) is 1.74. The molecule has 6 heteroatoms. The van der Waals surface area contributed by atoms with E-state index < -0.39 is 0 Å².